The van der Waals surface area contributed by atoms with Crippen LogP contribution in [0.5, 0.6) is 11.5 Å². The molecule has 0 aliphatic rings. The fourth-order valence-corrected chi connectivity index (χ4v) is 2.13. The zero-order valence-electron chi connectivity index (χ0n) is 12.9. The van der Waals surface area contributed by atoms with Gasteiger partial charge in [-0.2, -0.15) is 10.5 Å². The Hall–Kier alpha value is -3.02. The number of nitrogens with zero attached hydrogens (tertiary/aromatic N) is 2. The Bertz CT molecular complexity index is 837. The van der Waals surface area contributed by atoms with E-state index < -0.39 is 0 Å². The minimum absolute atomic E-state index is 0.233. The number of amides is 1. The molecular formula is C18H14ClN3O2. The van der Waals surface area contributed by atoms with Gasteiger partial charge in [0, 0.05) is 12.1 Å². The van der Waals surface area contributed by atoms with E-state index in [1.54, 1.807) is 49.4 Å². The molecule has 0 aliphatic heterocycles. The molecule has 0 aromatic heterocycles. The average Bonchev–Trinajstić information content (AvgIpc) is 2.59. The van der Waals surface area contributed by atoms with E-state index in [0.29, 0.717) is 22.1 Å². The van der Waals surface area contributed by atoms with Crippen molar-refractivity contribution in [1.82, 2.24) is 5.32 Å². The summed E-state index contributed by atoms with van der Waals surface area (Å²) in [6, 6.07) is 15.5. The Morgan fingerprint density at radius 3 is 2.75 bits per heavy atom. The van der Waals surface area contributed by atoms with Crippen LogP contribution in [0.15, 0.2) is 42.5 Å². The van der Waals surface area contributed by atoms with Crippen LogP contribution in [0.3, 0.4) is 0 Å². The summed E-state index contributed by atoms with van der Waals surface area (Å²) in [5.74, 6) is 0.169. The first-order valence-corrected chi connectivity index (χ1v) is 7.57. The third kappa shape index (κ3) is 4.25. The normalized spacial score (nSPS) is 11.0. The number of nitrogens with one attached hydrogen (secondary N) is 1. The predicted octanol–water partition coefficient (Wildman–Crippen LogP) is 3.89. The van der Waals surface area contributed by atoms with E-state index in [-0.39, 0.29) is 23.9 Å². The fraction of sp³-hybridized carbons (Fsp3) is 0.167. The van der Waals surface area contributed by atoms with Crippen molar-refractivity contribution in [1.29, 1.82) is 10.5 Å². The summed E-state index contributed by atoms with van der Waals surface area (Å²) in [6.45, 7) is 2.00. The largest absolute Gasteiger partial charge is 0.456 e. The van der Waals surface area contributed by atoms with Gasteiger partial charge in [-0.05, 0) is 37.3 Å². The SMILES string of the molecule is C[C@@H](C#N)CNC(=O)c1cccc(Oc2cccc(Cl)c2C#N)c1. The van der Waals surface area contributed by atoms with Crippen molar-refractivity contribution in [3.8, 4) is 23.6 Å². The van der Waals surface area contributed by atoms with Crippen molar-refractivity contribution in [3.05, 3.63) is 58.6 Å². The highest BCUT2D eigenvalue weighted by molar-refractivity contribution is 6.31. The lowest BCUT2D eigenvalue weighted by Crippen LogP contribution is -2.27. The molecule has 0 spiro atoms. The zero-order valence-corrected chi connectivity index (χ0v) is 13.7. The van der Waals surface area contributed by atoms with Crippen molar-refractivity contribution in [2.24, 2.45) is 5.92 Å². The molecule has 1 N–H and O–H groups in total. The molecule has 120 valence electrons. The first-order chi connectivity index (χ1) is 11.5. The summed E-state index contributed by atoms with van der Waals surface area (Å²) in [4.78, 5) is 12.1. The van der Waals surface area contributed by atoms with Gasteiger partial charge in [-0.1, -0.05) is 23.7 Å². The monoisotopic (exact) mass is 339 g/mol. The first kappa shape index (κ1) is 17.3. The minimum atomic E-state index is -0.297. The van der Waals surface area contributed by atoms with Crippen molar-refractivity contribution >= 4 is 17.5 Å². The van der Waals surface area contributed by atoms with Crippen LogP contribution in [-0.2, 0) is 0 Å². The van der Waals surface area contributed by atoms with Crippen LogP contribution in [0, 0.1) is 28.6 Å². The number of halogens is 1. The number of hydrogen-bond acceptors (Lipinski definition) is 4. The fourth-order valence-electron chi connectivity index (χ4n) is 1.92. The second kappa shape index (κ2) is 8.01. The molecule has 2 rings (SSSR count). The second-order valence-electron chi connectivity index (χ2n) is 5.09. The lowest BCUT2D eigenvalue weighted by Gasteiger charge is -2.10. The van der Waals surface area contributed by atoms with Crippen molar-refractivity contribution in [3.63, 3.8) is 0 Å². The number of carbonyl (C=O) groups is 1. The van der Waals surface area contributed by atoms with Crippen LogP contribution in [0.25, 0.3) is 0 Å². The maximum absolute atomic E-state index is 12.1. The highest BCUT2D eigenvalue weighted by atomic mass is 35.5. The van der Waals surface area contributed by atoms with Gasteiger partial charge in [-0.3, -0.25) is 4.79 Å². The molecule has 0 aliphatic carbocycles. The number of benzene rings is 2. The molecule has 0 saturated carbocycles. The highest BCUT2D eigenvalue weighted by Gasteiger charge is 2.11. The van der Waals surface area contributed by atoms with Gasteiger partial charge in [-0.25, -0.2) is 0 Å². The maximum atomic E-state index is 12.1. The average molecular weight is 340 g/mol. The van der Waals surface area contributed by atoms with Gasteiger partial charge in [0.05, 0.1) is 17.0 Å². The Morgan fingerprint density at radius 1 is 1.29 bits per heavy atom. The molecule has 0 fully saturated rings. The molecule has 0 unspecified atom stereocenters. The molecule has 0 radical (unpaired) electrons. The molecule has 0 bridgehead atoms. The topological polar surface area (TPSA) is 85.9 Å². The van der Waals surface area contributed by atoms with E-state index in [1.165, 1.54) is 0 Å². The standard InChI is InChI=1S/C18H14ClN3O2/c1-12(9-20)11-22-18(23)13-4-2-5-14(8-13)24-17-7-3-6-16(19)15(17)10-21/h2-8,12H,11H2,1H3,(H,22,23)/t12-/m0/s1. The summed E-state index contributed by atoms with van der Waals surface area (Å²) >= 11 is 5.97. The van der Waals surface area contributed by atoms with E-state index in [9.17, 15) is 4.79 Å². The molecule has 24 heavy (non-hydrogen) atoms. The van der Waals surface area contributed by atoms with Crippen LogP contribution in [0.1, 0.15) is 22.8 Å². The first-order valence-electron chi connectivity index (χ1n) is 7.19. The van der Waals surface area contributed by atoms with Crippen LogP contribution in [0.4, 0.5) is 0 Å². The summed E-state index contributed by atoms with van der Waals surface area (Å²) in [5, 5.41) is 20.9. The Balaban J connectivity index is 2.17. The van der Waals surface area contributed by atoms with E-state index >= 15 is 0 Å². The van der Waals surface area contributed by atoms with Gasteiger partial charge in [-0.15, -0.1) is 0 Å². The summed E-state index contributed by atoms with van der Waals surface area (Å²) in [7, 11) is 0. The van der Waals surface area contributed by atoms with Gasteiger partial charge in [0.1, 0.15) is 23.1 Å². The van der Waals surface area contributed by atoms with Gasteiger partial charge >= 0.3 is 0 Å². The quantitative estimate of drug-likeness (QED) is 0.895. The lowest BCUT2D eigenvalue weighted by atomic mass is 10.1. The molecular weight excluding hydrogens is 326 g/mol. The van der Waals surface area contributed by atoms with Gasteiger partial charge in [0.2, 0.25) is 0 Å². The highest BCUT2D eigenvalue weighted by Crippen LogP contribution is 2.30. The van der Waals surface area contributed by atoms with Crippen LogP contribution >= 0.6 is 11.6 Å². The van der Waals surface area contributed by atoms with Crippen LogP contribution in [-0.4, -0.2) is 12.5 Å². The van der Waals surface area contributed by atoms with Crippen molar-refractivity contribution < 1.29 is 9.53 Å². The third-order valence-electron chi connectivity index (χ3n) is 3.20. The molecule has 1 atom stereocenters. The van der Waals surface area contributed by atoms with E-state index in [0.717, 1.165) is 0 Å². The van der Waals surface area contributed by atoms with Crippen LogP contribution in [0.2, 0.25) is 5.02 Å². The zero-order chi connectivity index (χ0) is 17.5. The van der Waals surface area contributed by atoms with Crippen molar-refractivity contribution in [2.45, 2.75) is 6.92 Å². The number of rotatable bonds is 5. The summed E-state index contributed by atoms with van der Waals surface area (Å²) < 4.78 is 5.68. The van der Waals surface area contributed by atoms with Gasteiger partial charge in [0.25, 0.3) is 5.91 Å². The summed E-state index contributed by atoms with van der Waals surface area (Å²) in [6.07, 6.45) is 0. The lowest BCUT2D eigenvalue weighted by molar-refractivity contribution is 0.0950. The molecule has 2 aromatic rings. The Labute approximate surface area is 145 Å². The van der Waals surface area contributed by atoms with E-state index in [1.807, 2.05) is 6.07 Å². The molecule has 0 saturated heterocycles. The summed E-state index contributed by atoms with van der Waals surface area (Å²) in [5.41, 5.74) is 0.634. The minimum Gasteiger partial charge on any atom is -0.456 e. The maximum Gasteiger partial charge on any atom is 0.251 e. The van der Waals surface area contributed by atoms with E-state index in [2.05, 4.69) is 11.4 Å². The predicted molar refractivity (Wildman–Crippen MR) is 89.8 cm³/mol. The molecule has 6 heteroatoms. The van der Waals surface area contributed by atoms with Crippen molar-refractivity contribution in [2.75, 3.05) is 6.54 Å². The molecule has 5 nitrogen and oxygen atoms in total. The van der Waals surface area contributed by atoms with Gasteiger partial charge < -0.3 is 10.1 Å². The third-order valence-corrected chi connectivity index (χ3v) is 3.52. The van der Waals surface area contributed by atoms with Crippen LogP contribution < -0.4 is 10.1 Å². The smallest absolute Gasteiger partial charge is 0.251 e. The molecule has 2 aromatic carbocycles. The number of nitriles is 2. The molecule has 1 amide bonds. The number of ether oxygens (including phenoxy) is 1. The Kier molecular flexibility index (Phi) is 5.78. The van der Waals surface area contributed by atoms with E-state index in [4.69, 9.17) is 26.9 Å². The number of carbonyl (C=O) groups excluding carboxylic acids is 1. The van der Waals surface area contributed by atoms with Gasteiger partial charge in [0.15, 0.2) is 0 Å². The molecule has 0 heterocycles. The number of hydrogen-bond donors (Lipinski definition) is 1. The second-order valence-corrected chi connectivity index (χ2v) is 5.50. The Morgan fingerprint density at radius 2 is 2.04 bits per heavy atom.